The summed E-state index contributed by atoms with van der Waals surface area (Å²) >= 11 is 20.7. The van der Waals surface area contributed by atoms with E-state index in [1.54, 1.807) is 22.7 Å². The van der Waals surface area contributed by atoms with Crippen molar-refractivity contribution in [3.8, 4) is 16.7 Å². The Hall–Kier alpha value is -1.75. The second-order valence-electron chi connectivity index (χ2n) is 5.58. The SMILES string of the molecule is N#CSc1c(-c2ccc(Cl)cc2Cl)nc2sc(Cc3ccc(Cl)cc3)nn12. The molecule has 134 valence electrons. The summed E-state index contributed by atoms with van der Waals surface area (Å²) < 4.78 is 1.70. The van der Waals surface area contributed by atoms with E-state index in [1.807, 2.05) is 24.3 Å². The third-order valence-electron chi connectivity index (χ3n) is 3.80. The summed E-state index contributed by atoms with van der Waals surface area (Å²) in [7, 11) is 0. The summed E-state index contributed by atoms with van der Waals surface area (Å²) in [5.41, 5.74) is 2.45. The molecule has 0 saturated heterocycles. The average molecular weight is 452 g/mol. The molecular formula is C18H9Cl3N4S2. The second-order valence-corrected chi connectivity index (χ2v) is 8.67. The smallest absolute Gasteiger partial charge is 0.213 e. The van der Waals surface area contributed by atoms with Crippen LogP contribution in [0.15, 0.2) is 47.5 Å². The molecule has 2 heterocycles. The van der Waals surface area contributed by atoms with Crippen molar-refractivity contribution in [3.05, 3.63) is 68.1 Å². The fraction of sp³-hybridized carbons (Fsp3) is 0.0556. The van der Waals surface area contributed by atoms with Crippen molar-refractivity contribution in [2.24, 2.45) is 0 Å². The number of hydrogen-bond donors (Lipinski definition) is 0. The number of hydrogen-bond acceptors (Lipinski definition) is 5. The molecule has 4 rings (SSSR count). The van der Waals surface area contributed by atoms with Crippen LogP contribution in [0.2, 0.25) is 15.1 Å². The van der Waals surface area contributed by atoms with Crippen LogP contribution in [-0.4, -0.2) is 14.6 Å². The van der Waals surface area contributed by atoms with E-state index < -0.39 is 0 Å². The van der Waals surface area contributed by atoms with E-state index in [1.165, 1.54) is 11.3 Å². The van der Waals surface area contributed by atoms with Gasteiger partial charge in [-0.1, -0.05) is 58.3 Å². The minimum Gasteiger partial charge on any atom is -0.216 e. The topological polar surface area (TPSA) is 54.0 Å². The molecule has 4 aromatic rings. The summed E-state index contributed by atoms with van der Waals surface area (Å²) in [6.07, 6.45) is 0.666. The van der Waals surface area contributed by atoms with Crippen molar-refractivity contribution in [3.63, 3.8) is 0 Å². The number of nitriles is 1. The van der Waals surface area contributed by atoms with Crippen LogP contribution in [0.1, 0.15) is 10.6 Å². The number of halogens is 3. The maximum atomic E-state index is 9.23. The lowest BCUT2D eigenvalue weighted by molar-refractivity contribution is 0.853. The molecular weight excluding hydrogens is 443 g/mol. The van der Waals surface area contributed by atoms with Gasteiger partial charge in [-0.3, -0.25) is 0 Å². The van der Waals surface area contributed by atoms with Gasteiger partial charge < -0.3 is 0 Å². The van der Waals surface area contributed by atoms with E-state index in [2.05, 4.69) is 15.5 Å². The monoisotopic (exact) mass is 450 g/mol. The van der Waals surface area contributed by atoms with Crippen molar-refractivity contribution in [1.82, 2.24) is 14.6 Å². The molecule has 0 aliphatic rings. The fourth-order valence-electron chi connectivity index (χ4n) is 2.61. The molecule has 0 aliphatic heterocycles. The molecule has 4 nitrogen and oxygen atoms in total. The van der Waals surface area contributed by atoms with Gasteiger partial charge in [0, 0.05) is 33.8 Å². The van der Waals surface area contributed by atoms with Crippen LogP contribution in [0, 0.1) is 10.7 Å². The summed E-state index contributed by atoms with van der Waals surface area (Å²) in [5, 5.41) is 19.2. The Labute approximate surface area is 178 Å². The van der Waals surface area contributed by atoms with E-state index in [4.69, 9.17) is 34.8 Å². The lowest BCUT2D eigenvalue weighted by Crippen LogP contribution is -1.92. The Kier molecular flexibility index (Phi) is 5.31. The van der Waals surface area contributed by atoms with Gasteiger partial charge in [0.2, 0.25) is 4.96 Å². The maximum Gasteiger partial charge on any atom is 0.213 e. The third kappa shape index (κ3) is 3.79. The van der Waals surface area contributed by atoms with E-state index in [0.29, 0.717) is 37.2 Å². The van der Waals surface area contributed by atoms with E-state index in [0.717, 1.165) is 27.9 Å². The highest BCUT2D eigenvalue weighted by molar-refractivity contribution is 8.03. The highest BCUT2D eigenvalue weighted by Gasteiger charge is 2.20. The molecule has 0 atom stereocenters. The zero-order chi connectivity index (χ0) is 19.0. The molecule has 0 amide bonds. The summed E-state index contributed by atoms with van der Waals surface area (Å²) in [4.78, 5) is 5.37. The molecule has 2 aromatic carbocycles. The lowest BCUT2D eigenvalue weighted by Gasteiger charge is -2.03. The predicted molar refractivity (Wildman–Crippen MR) is 112 cm³/mol. The summed E-state index contributed by atoms with van der Waals surface area (Å²) in [5.74, 6) is 0. The fourth-order valence-corrected chi connectivity index (χ4v) is 4.77. The number of fused-ring (bicyclic) bond motifs is 1. The average Bonchev–Trinajstić information content (AvgIpc) is 3.16. The van der Waals surface area contributed by atoms with Gasteiger partial charge in [-0.2, -0.15) is 14.9 Å². The lowest BCUT2D eigenvalue weighted by atomic mass is 10.2. The summed E-state index contributed by atoms with van der Waals surface area (Å²) in [6.45, 7) is 0. The number of imidazole rings is 1. The van der Waals surface area contributed by atoms with Crippen molar-refractivity contribution in [2.75, 3.05) is 0 Å². The molecule has 9 heteroatoms. The first-order chi connectivity index (χ1) is 13.0. The van der Waals surface area contributed by atoms with Crippen molar-refractivity contribution >= 4 is 62.9 Å². The van der Waals surface area contributed by atoms with Gasteiger partial charge in [0.15, 0.2) is 0 Å². The molecule has 0 N–H and O–H groups in total. The van der Waals surface area contributed by atoms with Crippen molar-refractivity contribution in [1.29, 1.82) is 5.26 Å². The van der Waals surface area contributed by atoms with Crippen LogP contribution in [0.3, 0.4) is 0 Å². The first kappa shape index (κ1) is 18.6. The zero-order valence-corrected chi connectivity index (χ0v) is 17.4. The van der Waals surface area contributed by atoms with E-state index >= 15 is 0 Å². The van der Waals surface area contributed by atoms with Gasteiger partial charge in [-0.15, -0.1) is 0 Å². The van der Waals surface area contributed by atoms with Crippen LogP contribution in [-0.2, 0) is 6.42 Å². The van der Waals surface area contributed by atoms with Crippen LogP contribution in [0.5, 0.6) is 0 Å². The largest absolute Gasteiger partial charge is 0.216 e. The Morgan fingerprint density at radius 1 is 1.07 bits per heavy atom. The highest BCUT2D eigenvalue weighted by atomic mass is 35.5. The van der Waals surface area contributed by atoms with Gasteiger partial charge in [0.25, 0.3) is 0 Å². The van der Waals surface area contributed by atoms with Gasteiger partial charge >= 0.3 is 0 Å². The van der Waals surface area contributed by atoms with Gasteiger partial charge in [-0.05, 0) is 35.9 Å². The Bertz CT molecular complexity index is 1180. The van der Waals surface area contributed by atoms with Crippen LogP contribution >= 0.6 is 57.9 Å². The standard InChI is InChI=1S/C18H9Cl3N4S2/c19-11-3-1-10(2-4-11)7-15-24-25-17(26-9-22)16(23-18(25)27-15)13-6-5-12(20)8-14(13)21/h1-6,8H,7H2. The predicted octanol–water partition coefficient (Wildman–Crippen LogP) is 6.58. The summed E-state index contributed by atoms with van der Waals surface area (Å²) in [6, 6.07) is 12.8. The number of thioether (sulfide) groups is 1. The molecule has 0 saturated carbocycles. The molecule has 0 radical (unpaired) electrons. The maximum absolute atomic E-state index is 9.23. The molecule has 0 fully saturated rings. The third-order valence-corrected chi connectivity index (χ3v) is 6.16. The number of benzene rings is 2. The number of nitrogens with zero attached hydrogens (tertiary/aromatic N) is 4. The molecule has 0 unspecified atom stereocenters. The Balaban J connectivity index is 1.76. The molecule has 0 aliphatic carbocycles. The minimum atomic E-state index is 0.481. The van der Waals surface area contributed by atoms with Crippen LogP contribution in [0.4, 0.5) is 0 Å². The van der Waals surface area contributed by atoms with Gasteiger partial charge in [0.05, 0.1) is 5.02 Å². The Morgan fingerprint density at radius 3 is 2.52 bits per heavy atom. The minimum absolute atomic E-state index is 0.481. The molecule has 0 spiro atoms. The molecule has 0 bridgehead atoms. The zero-order valence-electron chi connectivity index (χ0n) is 13.5. The van der Waals surface area contributed by atoms with Crippen LogP contribution in [0.25, 0.3) is 16.2 Å². The highest BCUT2D eigenvalue weighted by Crippen LogP contribution is 2.37. The van der Waals surface area contributed by atoms with Gasteiger partial charge in [0.1, 0.15) is 21.1 Å². The van der Waals surface area contributed by atoms with Crippen molar-refractivity contribution < 1.29 is 0 Å². The molecule has 27 heavy (non-hydrogen) atoms. The van der Waals surface area contributed by atoms with E-state index in [9.17, 15) is 5.26 Å². The first-order valence-corrected chi connectivity index (χ1v) is 10.5. The first-order valence-electron chi connectivity index (χ1n) is 7.69. The van der Waals surface area contributed by atoms with Gasteiger partial charge in [-0.25, -0.2) is 4.98 Å². The Morgan fingerprint density at radius 2 is 1.81 bits per heavy atom. The van der Waals surface area contributed by atoms with Crippen LogP contribution < -0.4 is 0 Å². The normalized spacial score (nSPS) is 11.0. The second kappa shape index (κ2) is 7.70. The van der Waals surface area contributed by atoms with E-state index in [-0.39, 0.29) is 0 Å². The number of thiocyanates is 1. The number of rotatable bonds is 4. The van der Waals surface area contributed by atoms with Crippen molar-refractivity contribution in [2.45, 2.75) is 11.4 Å². The number of aromatic nitrogens is 3. The molecule has 2 aromatic heterocycles. The quantitative estimate of drug-likeness (QED) is 0.260.